The van der Waals surface area contributed by atoms with Gasteiger partial charge in [-0.25, -0.2) is 0 Å². The fourth-order valence-electron chi connectivity index (χ4n) is 2.32. The van der Waals surface area contributed by atoms with E-state index in [1.807, 2.05) is 26.0 Å². The van der Waals surface area contributed by atoms with Crippen LogP contribution in [0.3, 0.4) is 0 Å². The first-order valence-electron chi connectivity index (χ1n) is 8.40. The molecule has 0 radical (unpaired) electrons. The minimum atomic E-state index is -0.170. The molecule has 5 heteroatoms. The van der Waals surface area contributed by atoms with Gasteiger partial charge in [-0.3, -0.25) is 14.7 Å². The molecule has 0 aliphatic rings. The van der Waals surface area contributed by atoms with Crippen molar-refractivity contribution in [3.05, 3.63) is 36.1 Å². The third kappa shape index (κ3) is 5.41. The Morgan fingerprint density at radius 3 is 2.50 bits per heavy atom. The maximum Gasteiger partial charge on any atom is 0.294 e. The van der Waals surface area contributed by atoms with Crippen LogP contribution in [0.2, 0.25) is 0 Å². The van der Waals surface area contributed by atoms with Gasteiger partial charge in [0.2, 0.25) is 0 Å². The molecule has 0 aromatic heterocycles. The number of carbonyl (C=O) groups excluding carboxylic acids is 1. The molecule has 0 saturated heterocycles. The second kappa shape index (κ2) is 10.5. The quantitative estimate of drug-likeness (QED) is 0.312. The minimum Gasteiger partial charge on any atom is -0.497 e. The lowest BCUT2D eigenvalue weighted by atomic mass is 10.2. The van der Waals surface area contributed by atoms with E-state index in [0.717, 1.165) is 18.7 Å². The van der Waals surface area contributed by atoms with E-state index in [0.29, 0.717) is 30.2 Å². The molecule has 0 atom stereocenters. The number of aliphatic imine (C=N–C) groups is 1. The van der Waals surface area contributed by atoms with E-state index in [1.165, 1.54) is 0 Å². The van der Waals surface area contributed by atoms with Crippen LogP contribution in [0.25, 0.3) is 0 Å². The van der Waals surface area contributed by atoms with Gasteiger partial charge < -0.3 is 9.47 Å². The molecule has 0 fully saturated rings. The van der Waals surface area contributed by atoms with Crippen LogP contribution in [-0.4, -0.2) is 37.3 Å². The highest BCUT2D eigenvalue weighted by molar-refractivity contribution is 6.05. The fraction of sp³-hybridized carbons (Fsp3) is 0.474. The molecule has 0 bridgehead atoms. The van der Waals surface area contributed by atoms with Gasteiger partial charge >= 0.3 is 0 Å². The molecule has 1 amide bonds. The zero-order valence-electron chi connectivity index (χ0n) is 15.3. The van der Waals surface area contributed by atoms with Crippen molar-refractivity contribution in [3.8, 4) is 11.5 Å². The van der Waals surface area contributed by atoms with E-state index in [1.54, 1.807) is 37.3 Å². The molecule has 1 rings (SSSR count). The number of methoxy groups -OCH3 is 1. The first-order chi connectivity index (χ1) is 11.6. The summed E-state index contributed by atoms with van der Waals surface area (Å²) in [7, 11) is 3.31. The van der Waals surface area contributed by atoms with Crippen molar-refractivity contribution in [2.45, 2.75) is 40.0 Å². The second-order valence-corrected chi connectivity index (χ2v) is 5.20. The Labute approximate surface area is 145 Å². The number of allylic oxidation sites excluding steroid dienone is 1. The summed E-state index contributed by atoms with van der Waals surface area (Å²) < 4.78 is 11.0. The molecule has 132 valence electrons. The molecule has 1 aromatic carbocycles. The minimum absolute atomic E-state index is 0.170. The van der Waals surface area contributed by atoms with Gasteiger partial charge in [0.25, 0.3) is 5.91 Å². The molecule has 0 N–H and O–H groups in total. The SMILES string of the molecule is CC/C=C(\Oc1cccc(OC)c1)C(=O)N(CC)C(CCC)=NC. The summed E-state index contributed by atoms with van der Waals surface area (Å²) in [6.07, 6.45) is 4.19. The normalized spacial score (nSPS) is 12.0. The average molecular weight is 332 g/mol. The maximum atomic E-state index is 12.9. The van der Waals surface area contributed by atoms with E-state index in [4.69, 9.17) is 9.47 Å². The van der Waals surface area contributed by atoms with Crippen molar-refractivity contribution in [2.75, 3.05) is 20.7 Å². The van der Waals surface area contributed by atoms with Crippen LogP contribution < -0.4 is 9.47 Å². The smallest absolute Gasteiger partial charge is 0.294 e. The average Bonchev–Trinajstić information content (AvgIpc) is 2.61. The number of amidine groups is 1. The summed E-state index contributed by atoms with van der Waals surface area (Å²) >= 11 is 0. The molecular weight excluding hydrogens is 304 g/mol. The van der Waals surface area contributed by atoms with E-state index in [-0.39, 0.29) is 5.91 Å². The van der Waals surface area contributed by atoms with Crippen LogP contribution in [0.4, 0.5) is 0 Å². The lowest BCUT2D eigenvalue weighted by Crippen LogP contribution is -2.38. The topological polar surface area (TPSA) is 51.1 Å². The number of amides is 1. The molecule has 5 nitrogen and oxygen atoms in total. The highest BCUT2D eigenvalue weighted by atomic mass is 16.5. The van der Waals surface area contributed by atoms with Crippen LogP contribution in [0.5, 0.6) is 11.5 Å². The van der Waals surface area contributed by atoms with Gasteiger partial charge in [-0.05, 0) is 38.0 Å². The van der Waals surface area contributed by atoms with Crippen molar-refractivity contribution in [2.24, 2.45) is 4.99 Å². The van der Waals surface area contributed by atoms with Crippen LogP contribution in [0.15, 0.2) is 41.1 Å². The molecule has 0 unspecified atom stereocenters. The highest BCUT2D eigenvalue weighted by Gasteiger charge is 2.22. The monoisotopic (exact) mass is 332 g/mol. The Hall–Kier alpha value is -2.30. The molecule has 1 aromatic rings. The summed E-state index contributed by atoms with van der Waals surface area (Å²) in [4.78, 5) is 18.9. The number of nitrogens with zero attached hydrogens (tertiary/aromatic N) is 2. The third-order valence-electron chi connectivity index (χ3n) is 3.47. The molecule has 0 spiro atoms. The number of hydrogen-bond acceptors (Lipinski definition) is 4. The van der Waals surface area contributed by atoms with Gasteiger partial charge in [0, 0.05) is 26.1 Å². The zero-order valence-corrected chi connectivity index (χ0v) is 15.3. The summed E-state index contributed by atoms with van der Waals surface area (Å²) in [5.41, 5.74) is 0. The molecule has 0 aliphatic heterocycles. The Morgan fingerprint density at radius 2 is 1.96 bits per heavy atom. The molecule has 0 aliphatic carbocycles. The van der Waals surface area contributed by atoms with Gasteiger partial charge in [0.1, 0.15) is 17.3 Å². The molecular formula is C19H28N2O3. The van der Waals surface area contributed by atoms with Crippen molar-refractivity contribution in [3.63, 3.8) is 0 Å². The Bertz CT molecular complexity index is 594. The van der Waals surface area contributed by atoms with Gasteiger partial charge in [0.15, 0.2) is 5.76 Å². The van der Waals surface area contributed by atoms with E-state index >= 15 is 0 Å². The lowest BCUT2D eigenvalue weighted by molar-refractivity contribution is -0.125. The molecule has 24 heavy (non-hydrogen) atoms. The van der Waals surface area contributed by atoms with Gasteiger partial charge in [0.05, 0.1) is 7.11 Å². The highest BCUT2D eigenvalue weighted by Crippen LogP contribution is 2.22. The molecule has 0 saturated carbocycles. The number of ether oxygens (including phenoxy) is 2. The van der Waals surface area contributed by atoms with Gasteiger partial charge in [-0.1, -0.05) is 19.9 Å². The summed E-state index contributed by atoms with van der Waals surface area (Å²) in [5.74, 6) is 2.18. The molecule has 0 heterocycles. The van der Waals surface area contributed by atoms with Crippen LogP contribution >= 0.6 is 0 Å². The Balaban J connectivity index is 3.05. The summed E-state index contributed by atoms with van der Waals surface area (Å²) in [6, 6.07) is 7.22. The third-order valence-corrected chi connectivity index (χ3v) is 3.47. The van der Waals surface area contributed by atoms with Crippen LogP contribution in [-0.2, 0) is 4.79 Å². The lowest BCUT2D eigenvalue weighted by Gasteiger charge is -2.23. The largest absolute Gasteiger partial charge is 0.497 e. The Kier molecular flexibility index (Phi) is 8.61. The second-order valence-electron chi connectivity index (χ2n) is 5.20. The van der Waals surface area contributed by atoms with Crippen molar-refractivity contribution in [1.29, 1.82) is 0 Å². The Morgan fingerprint density at radius 1 is 1.25 bits per heavy atom. The summed E-state index contributed by atoms with van der Waals surface area (Å²) in [5, 5.41) is 0. The van der Waals surface area contributed by atoms with Crippen molar-refractivity contribution >= 4 is 11.7 Å². The number of carbonyl (C=O) groups is 1. The van der Waals surface area contributed by atoms with Crippen molar-refractivity contribution < 1.29 is 14.3 Å². The van der Waals surface area contributed by atoms with Crippen LogP contribution in [0.1, 0.15) is 40.0 Å². The number of benzene rings is 1. The number of hydrogen-bond donors (Lipinski definition) is 0. The number of likely N-dealkylation sites (N-methyl/N-ethyl adjacent to an activating group) is 1. The standard InChI is InChI=1S/C19H28N2O3/c1-6-10-17(24-16-13-9-12-15(14-16)23-5)19(22)21(8-3)18(20-4)11-7-2/h9-10,12-14H,6-8,11H2,1-5H3/b17-10-,20-18?. The van der Waals surface area contributed by atoms with Crippen molar-refractivity contribution in [1.82, 2.24) is 4.90 Å². The zero-order chi connectivity index (χ0) is 17.9. The van der Waals surface area contributed by atoms with Gasteiger partial charge in [-0.2, -0.15) is 0 Å². The van der Waals surface area contributed by atoms with E-state index in [9.17, 15) is 4.79 Å². The predicted molar refractivity (Wildman–Crippen MR) is 97.7 cm³/mol. The summed E-state index contributed by atoms with van der Waals surface area (Å²) in [6.45, 7) is 6.53. The number of rotatable bonds is 8. The first-order valence-corrected chi connectivity index (χ1v) is 8.40. The van der Waals surface area contributed by atoms with Crippen LogP contribution in [0, 0.1) is 0 Å². The van der Waals surface area contributed by atoms with E-state index in [2.05, 4.69) is 11.9 Å². The van der Waals surface area contributed by atoms with E-state index < -0.39 is 0 Å². The maximum absolute atomic E-state index is 12.9. The predicted octanol–water partition coefficient (Wildman–Crippen LogP) is 4.04. The first kappa shape index (κ1) is 19.7. The van der Waals surface area contributed by atoms with Gasteiger partial charge in [-0.15, -0.1) is 0 Å². The fourth-order valence-corrected chi connectivity index (χ4v) is 2.32.